The number of rotatable bonds is 2. The second kappa shape index (κ2) is 5.05. The van der Waals surface area contributed by atoms with Gasteiger partial charge in [0.25, 0.3) is 0 Å². The maximum atomic E-state index is 11.9. The lowest BCUT2D eigenvalue weighted by Crippen LogP contribution is -2.35. The van der Waals surface area contributed by atoms with E-state index in [9.17, 15) is 4.79 Å². The zero-order chi connectivity index (χ0) is 10.7. The molecule has 0 bridgehead atoms. The normalized spacial score (nSPS) is 21.3. The predicted octanol–water partition coefficient (Wildman–Crippen LogP) is 1.89. The van der Waals surface area contributed by atoms with E-state index in [4.69, 9.17) is 9.47 Å². The van der Waals surface area contributed by atoms with E-state index >= 15 is 0 Å². The fourth-order valence-electron chi connectivity index (χ4n) is 1.44. The first kappa shape index (κ1) is 11.0. The number of carbonyl (C=O) groups is 1. The molecule has 80 valence electrons. The molecule has 2 rings (SSSR count). The Labute approximate surface area is 102 Å². The molecular weight excluding hydrogens is 307 g/mol. The van der Waals surface area contributed by atoms with E-state index in [1.165, 1.54) is 0 Å². The maximum Gasteiger partial charge on any atom is 0.193 e. The molecule has 0 N–H and O–H groups in total. The standard InChI is InChI=1S/C11H11IO3/c12-9-3-1-8(2-4-9)11(13)10-7-14-5-6-15-10/h1-4,10H,5-7H2. The van der Waals surface area contributed by atoms with E-state index in [1.54, 1.807) is 0 Å². The van der Waals surface area contributed by atoms with Gasteiger partial charge in [-0.1, -0.05) is 12.1 Å². The molecule has 0 saturated carbocycles. The molecule has 1 aliphatic rings. The third-order valence-corrected chi connectivity index (χ3v) is 2.96. The first-order chi connectivity index (χ1) is 7.27. The van der Waals surface area contributed by atoms with Crippen molar-refractivity contribution in [1.29, 1.82) is 0 Å². The maximum absolute atomic E-state index is 11.9. The molecule has 0 amide bonds. The van der Waals surface area contributed by atoms with Gasteiger partial charge < -0.3 is 9.47 Å². The molecule has 1 saturated heterocycles. The molecule has 1 unspecified atom stereocenters. The van der Waals surface area contributed by atoms with E-state index in [2.05, 4.69) is 22.6 Å². The van der Waals surface area contributed by atoms with Gasteiger partial charge in [0.15, 0.2) is 5.78 Å². The Bertz CT molecular complexity index is 341. The molecule has 1 aliphatic heterocycles. The largest absolute Gasteiger partial charge is 0.376 e. The van der Waals surface area contributed by atoms with Gasteiger partial charge in [-0.25, -0.2) is 0 Å². The Morgan fingerprint density at radius 3 is 2.60 bits per heavy atom. The Hall–Kier alpha value is -0.460. The Morgan fingerprint density at radius 1 is 1.27 bits per heavy atom. The quantitative estimate of drug-likeness (QED) is 0.617. The second-order valence-corrected chi connectivity index (χ2v) is 4.55. The van der Waals surface area contributed by atoms with Crippen LogP contribution in [0.2, 0.25) is 0 Å². The van der Waals surface area contributed by atoms with Gasteiger partial charge in [0, 0.05) is 9.13 Å². The van der Waals surface area contributed by atoms with Crippen molar-refractivity contribution in [3.05, 3.63) is 33.4 Å². The van der Waals surface area contributed by atoms with Crippen LogP contribution in [-0.2, 0) is 9.47 Å². The van der Waals surface area contributed by atoms with Crippen molar-refractivity contribution in [3.8, 4) is 0 Å². The number of Topliss-reactive ketones (excluding diaryl/α,β-unsaturated/α-hetero) is 1. The number of ether oxygens (including phenoxy) is 2. The number of halogens is 1. The van der Waals surface area contributed by atoms with Crippen molar-refractivity contribution in [2.45, 2.75) is 6.10 Å². The summed E-state index contributed by atoms with van der Waals surface area (Å²) in [6.45, 7) is 1.45. The van der Waals surface area contributed by atoms with Crippen LogP contribution in [-0.4, -0.2) is 31.7 Å². The molecule has 0 aromatic heterocycles. The minimum absolute atomic E-state index is 0.00565. The molecule has 0 spiro atoms. The van der Waals surface area contributed by atoms with Gasteiger partial charge in [-0.15, -0.1) is 0 Å². The van der Waals surface area contributed by atoms with Gasteiger partial charge in [-0.2, -0.15) is 0 Å². The Balaban J connectivity index is 2.09. The van der Waals surface area contributed by atoms with Crippen LogP contribution in [0.25, 0.3) is 0 Å². The topological polar surface area (TPSA) is 35.5 Å². The van der Waals surface area contributed by atoms with Crippen molar-refractivity contribution in [1.82, 2.24) is 0 Å². The molecule has 1 heterocycles. The van der Waals surface area contributed by atoms with Crippen molar-refractivity contribution in [2.24, 2.45) is 0 Å². The zero-order valence-corrected chi connectivity index (χ0v) is 10.3. The number of hydrogen-bond donors (Lipinski definition) is 0. The highest BCUT2D eigenvalue weighted by atomic mass is 127. The third kappa shape index (κ3) is 2.76. The van der Waals surface area contributed by atoms with Gasteiger partial charge in [0.05, 0.1) is 19.8 Å². The lowest BCUT2D eigenvalue weighted by molar-refractivity contribution is -0.0719. The summed E-state index contributed by atoms with van der Waals surface area (Å²) in [4.78, 5) is 11.9. The van der Waals surface area contributed by atoms with Crippen molar-refractivity contribution < 1.29 is 14.3 Å². The van der Waals surface area contributed by atoms with Crippen molar-refractivity contribution in [3.63, 3.8) is 0 Å². The average Bonchev–Trinajstić information content (AvgIpc) is 2.30. The van der Waals surface area contributed by atoms with E-state index < -0.39 is 6.10 Å². The summed E-state index contributed by atoms with van der Waals surface area (Å²) in [7, 11) is 0. The van der Waals surface area contributed by atoms with E-state index in [1.807, 2.05) is 24.3 Å². The molecule has 1 atom stereocenters. The van der Waals surface area contributed by atoms with Gasteiger partial charge in [-0.05, 0) is 34.7 Å². The SMILES string of the molecule is O=C(c1ccc(I)cc1)C1COCCO1. The van der Waals surface area contributed by atoms with Gasteiger partial charge in [-0.3, -0.25) is 4.79 Å². The van der Waals surface area contributed by atoms with E-state index in [0.717, 1.165) is 3.57 Å². The van der Waals surface area contributed by atoms with Crippen molar-refractivity contribution >= 4 is 28.4 Å². The smallest absolute Gasteiger partial charge is 0.193 e. The average molecular weight is 318 g/mol. The zero-order valence-electron chi connectivity index (χ0n) is 8.11. The van der Waals surface area contributed by atoms with Crippen molar-refractivity contribution in [2.75, 3.05) is 19.8 Å². The summed E-state index contributed by atoms with van der Waals surface area (Å²) >= 11 is 2.21. The number of carbonyl (C=O) groups excluding carboxylic acids is 1. The van der Waals surface area contributed by atoms with E-state index in [-0.39, 0.29) is 5.78 Å². The summed E-state index contributed by atoms with van der Waals surface area (Å²) in [6.07, 6.45) is -0.432. The number of benzene rings is 1. The van der Waals surface area contributed by atoms with Crippen LogP contribution in [0.15, 0.2) is 24.3 Å². The van der Waals surface area contributed by atoms with Gasteiger partial charge in [0.2, 0.25) is 0 Å². The van der Waals surface area contributed by atoms with Gasteiger partial charge >= 0.3 is 0 Å². The molecule has 1 aromatic carbocycles. The second-order valence-electron chi connectivity index (χ2n) is 3.31. The predicted molar refractivity (Wildman–Crippen MR) is 64.0 cm³/mol. The van der Waals surface area contributed by atoms with Crippen LogP contribution in [0.1, 0.15) is 10.4 Å². The highest BCUT2D eigenvalue weighted by molar-refractivity contribution is 14.1. The molecular formula is C11H11IO3. The summed E-state index contributed by atoms with van der Waals surface area (Å²) in [5.74, 6) is 0.00565. The Kier molecular flexibility index (Phi) is 3.71. The minimum Gasteiger partial charge on any atom is -0.376 e. The molecule has 0 aliphatic carbocycles. The molecule has 1 aromatic rings. The summed E-state index contributed by atoms with van der Waals surface area (Å²) in [6, 6.07) is 7.47. The highest BCUT2D eigenvalue weighted by Crippen LogP contribution is 2.12. The summed E-state index contributed by atoms with van der Waals surface area (Å²) in [5, 5.41) is 0. The van der Waals surface area contributed by atoms with Crippen LogP contribution in [0, 0.1) is 3.57 Å². The van der Waals surface area contributed by atoms with Crippen LogP contribution >= 0.6 is 22.6 Å². The fourth-order valence-corrected chi connectivity index (χ4v) is 1.80. The number of hydrogen-bond acceptors (Lipinski definition) is 3. The molecule has 3 nitrogen and oxygen atoms in total. The molecule has 4 heteroatoms. The van der Waals surface area contributed by atoms with E-state index in [0.29, 0.717) is 25.4 Å². The summed E-state index contributed by atoms with van der Waals surface area (Å²) in [5.41, 5.74) is 0.686. The molecule has 15 heavy (non-hydrogen) atoms. The number of ketones is 1. The van der Waals surface area contributed by atoms with Crippen LogP contribution < -0.4 is 0 Å². The molecule has 0 radical (unpaired) electrons. The first-order valence-corrected chi connectivity index (χ1v) is 5.84. The van der Waals surface area contributed by atoms with Crippen LogP contribution in [0.4, 0.5) is 0 Å². The molecule has 1 fully saturated rings. The minimum atomic E-state index is -0.432. The summed E-state index contributed by atoms with van der Waals surface area (Å²) < 4.78 is 11.7. The lowest BCUT2D eigenvalue weighted by atomic mass is 10.1. The third-order valence-electron chi connectivity index (χ3n) is 2.24. The first-order valence-electron chi connectivity index (χ1n) is 4.76. The van der Waals surface area contributed by atoms with Crippen LogP contribution in [0.5, 0.6) is 0 Å². The monoisotopic (exact) mass is 318 g/mol. The van der Waals surface area contributed by atoms with Gasteiger partial charge in [0.1, 0.15) is 6.10 Å². The lowest BCUT2D eigenvalue weighted by Gasteiger charge is -2.21. The highest BCUT2D eigenvalue weighted by Gasteiger charge is 2.23. The Morgan fingerprint density at radius 2 is 2.00 bits per heavy atom. The van der Waals surface area contributed by atoms with Crippen LogP contribution in [0.3, 0.4) is 0 Å². The fraction of sp³-hybridized carbons (Fsp3) is 0.364.